The van der Waals surface area contributed by atoms with Gasteiger partial charge in [-0.15, -0.1) is 0 Å². The quantitative estimate of drug-likeness (QED) is 0.653. The molecule has 1 amide bonds. The Kier molecular flexibility index (Phi) is 7.36. The number of amides is 1. The molecule has 3 rings (SSSR count). The summed E-state index contributed by atoms with van der Waals surface area (Å²) in [5.41, 5.74) is 1.68. The van der Waals surface area contributed by atoms with Gasteiger partial charge < -0.3 is 19.7 Å². The van der Waals surface area contributed by atoms with E-state index in [1.807, 2.05) is 25.1 Å². The molecular formula is C22H24BrN3O3. The molecule has 1 aliphatic rings. The largest absolute Gasteiger partial charge is 0.490 e. The van der Waals surface area contributed by atoms with Crippen molar-refractivity contribution in [1.82, 2.24) is 5.32 Å². The minimum absolute atomic E-state index is 0.111. The number of anilines is 1. The highest BCUT2D eigenvalue weighted by atomic mass is 79.9. The standard InChI is InChI=1S/C22H24BrN3O3/c1-2-28-20-11-17(12-24)10-19(23)22(20)29-15-21(27)25-13-16-8-9-26(14-16)18-6-4-3-5-7-18/h3-7,10-11,16H,2,8-9,13-15H2,1H3,(H,25,27). The second-order valence-corrected chi connectivity index (χ2v) is 7.71. The molecule has 6 nitrogen and oxygen atoms in total. The molecule has 2 aromatic rings. The van der Waals surface area contributed by atoms with E-state index in [1.165, 1.54) is 5.69 Å². The lowest BCUT2D eigenvalue weighted by molar-refractivity contribution is -0.123. The Hall–Kier alpha value is -2.72. The predicted molar refractivity (Wildman–Crippen MR) is 115 cm³/mol. The van der Waals surface area contributed by atoms with Gasteiger partial charge in [-0.25, -0.2) is 0 Å². The minimum Gasteiger partial charge on any atom is -0.490 e. The van der Waals surface area contributed by atoms with Crippen molar-refractivity contribution in [3.05, 3.63) is 52.5 Å². The van der Waals surface area contributed by atoms with E-state index in [9.17, 15) is 4.79 Å². The summed E-state index contributed by atoms with van der Waals surface area (Å²) in [6.07, 6.45) is 1.05. The van der Waals surface area contributed by atoms with E-state index >= 15 is 0 Å². The van der Waals surface area contributed by atoms with E-state index in [2.05, 4.69) is 44.3 Å². The molecule has 0 spiro atoms. The van der Waals surface area contributed by atoms with E-state index in [4.69, 9.17) is 14.7 Å². The van der Waals surface area contributed by atoms with Crippen LogP contribution in [0.5, 0.6) is 11.5 Å². The number of hydrogen-bond acceptors (Lipinski definition) is 5. The normalized spacial score (nSPS) is 15.6. The van der Waals surface area contributed by atoms with Crippen LogP contribution in [-0.2, 0) is 4.79 Å². The summed E-state index contributed by atoms with van der Waals surface area (Å²) in [6, 6.07) is 15.7. The summed E-state index contributed by atoms with van der Waals surface area (Å²) >= 11 is 3.39. The Morgan fingerprint density at radius 1 is 1.31 bits per heavy atom. The summed E-state index contributed by atoms with van der Waals surface area (Å²) in [7, 11) is 0. The summed E-state index contributed by atoms with van der Waals surface area (Å²) < 4.78 is 11.8. The summed E-state index contributed by atoms with van der Waals surface area (Å²) in [5.74, 6) is 1.11. The van der Waals surface area contributed by atoms with Crippen molar-refractivity contribution in [2.75, 3.05) is 37.7 Å². The highest BCUT2D eigenvalue weighted by molar-refractivity contribution is 9.10. The molecule has 29 heavy (non-hydrogen) atoms. The van der Waals surface area contributed by atoms with Crippen LogP contribution < -0.4 is 19.7 Å². The van der Waals surface area contributed by atoms with Gasteiger partial charge in [0, 0.05) is 31.4 Å². The highest BCUT2D eigenvalue weighted by Gasteiger charge is 2.23. The maximum absolute atomic E-state index is 12.3. The van der Waals surface area contributed by atoms with Gasteiger partial charge in [0.25, 0.3) is 5.91 Å². The zero-order valence-corrected chi connectivity index (χ0v) is 17.9. The fourth-order valence-electron chi connectivity index (χ4n) is 3.36. The van der Waals surface area contributed by atoms with Crippen LogP contribution in [0.4, 0.5) is 5.69 Å². The van der Waals surface area contributed by atoms with E-state index in [0.717, 1.165) is 19.5 Å². The van der Waals surface area contributed by atoms with Crippen molar-refractivity contribution in [1.29, 1.82) is 5.26 Å². The third kappa shape index (κ3) is 5.64. The molecule has 1 atom stereocenters. The SMILES string of the molecule is CCOc1cc(C#N)cc(Br)c1OCC(=O)NCC1CCN(c2ccccc2)C1. The van der Waals surface area contributed by atoms with Crippen LogP contribution >= 0.6 is 15.9 Å². The molecule has 1 fully saturated rings. The topological polar surface area (TPSA) is 74.6 Å². The lowest BCUT2D eigenvalue weighted by Crippen LogP contribution is -2.34. The molecule has 1 heterocycles. The van der Waals surface area contributed by atoms with Gasteiger partial charge in [-0.1, -0.05) is 18.2 Å². The number of rotatable bonds is 8. The highest BCUT2D eigenvalue weighted by Crippen LogP contribution is 2.36. The number of hydrogen-bond donors (Lipinski definition) is 1. The zero-order chi connectivity index (χ0) is 20.6. The lowest BCUT2D eigenvalue weighted by atomic mass is 10.1. The molecule has 0 bridgehead atoms. The van der Waals surface area contributed by atoms with Crippen LogP contribution in [0.1, 0.15) is 18.9 Å². The number of carbonyl (C=O) groups excluding carboxylic acids is 1. The molecular weight excluding hydrogens is 434 g/mol. The van der Waals surface area contributed by atoms with Gasteiger partial charge in [0.15, 0.2) is 18.1 Å². The van der Waals surface area contributed by atoms with Crippen molar-refractivity contribution in [2.45, 2.75) is 13.3 Å². The molecule has 0 saturated carbocycles. The first kappa shape index (κ1) is 21.0. The second kappa shape index (κ2) is 10.2. The van der Waals surface area contributed by atoms with Gasteiger partial charge in [0.05, 0.1) is 22.7 Å². The molecule has 152 valence electrons. The molecule has 0 radical (unpaired) electrons. The Morgan fingerprint density at radius 3 is 2.83 bits per heavy atom. The number of ether oxygens (including phenoxy) is 2. The zero-order valence-electron chi connectivity index (χ0n) is 16.4. The number of nitrogens with one attached hydrogen (secondary N) is 1. The first-order valence-corrected chi connectivity index (χ1v) is 10.5. The molecule has 0 aliphatic carbocycles. The van der Waals surface area contributed by atoms with E-state index in [-0.39, 0.29) is 12.5 Å². The molecule has 2 aromatic carbocycles. The van der Waals surface area contributed by atoms with Crippen LogP contribution in [0.25, 0.3) is 0 Å². The van der Waals surface area contributed by atoms with Gasteiger partial charge >= 0.3 is 0 Å². The van der Waals surface area contributed by atoms with Crippen LogP contribution in [-0.4, -0.2) is 38.8 Å². The number of halogens is 1. The molecule has 1 unspecified atom stereocenters. The number of carbonyl (C=O) groups is 1. The summed E-state index contributed by atoms with van der Waals surface area (Å²) in [6.45, 7) is 4.73. The third-order valence-electron chi connectivity index (χ3n) is 4.78. The van der Waals surface area contributed by atoms with Gasteiger partial charge in [-0.2, -0.15) is 5.26 Å². The number of nitrogens with zero attached hydrogens (tertiary/aromatic N) is 2. The number of para-hydroxylation sites is 1. The lowest BCUT2D eigenvalue weighted by Gasteiger charge is -2.19. The first-order chi connectivity index (χ1) is 14.1. The Balaban J connectivity index is 1.49. The average molecular weight is 458 g/mol. The van der Waals surface area contributed by atoms with Crippen molar-refractivity contribution < 1.29 is 14.3 Å². The van der Waals surface area contributed by atoms with Crippen molar-refractivity contribution in [3.8, 4) is 17.6 Å². The average Bonchev–Trinajstić information content (AvgIpc) is 3.21. The first-order valence-electron chi connectivity index (χ1n) is 9.66. The van der Waals surface area contributed by atoms with Gasteiger partial charge in [0.1, 0.15) is 0 Å². The maximum atomic E-state index is 12.3. The molecule has 7 heteroatoms. The van der Waals surface area contributed by atoms with Gasteiger partial charge in [-0.3, -0.25) is 4.79 Å². The Morgan fingerprint density at radius 2 is 2.10 bits per heavy atom. The molecule has 1 N–H and O–H groups in total. The van der Waals surface area contributed by atoms with E-state index in [0.29, 0.717) is 40.6 Å². The van der Waals surface area contributed by atoms with Crippen molar-refractivity contribution >= 4 is 27.5 Å². The summed E-state index contributed by atoms with van der Waals surface area (Å²) in [5, 5.41) is 12.1. The van der Waals surface area contributed by atoms with Crippen molar-refractivity contribution in [2.24, 2.45) is 5.92 Å². The monoisotopic (exact) mass is 457 g/mol. The van der Waals surface area contributed by atoms with Crippen LogP contribution in [0, 0.1) is 17.2 Å². The van der Waals surface area contributed by atoms with Crippen LogP contribution in [0.3, 0.4) is 0 Å². The maximum Gasteiger partial charge on any atom is 0.257 e. The third-order valence-corrected chi connectivity index (χ3v) is 5.37. The van der Waals surface area contributed by atoms with Gasteiger partial charge in [0.2, 0.25) is 0 Å². The fraction of sp³-hybridized carbons (Fsp3) is 0.364. The molecule has 1 saturated heterocycles. The fourth-order valence-corrected chi connectivity index (χ4v) is 3.91. The van der Waals surface area contributed by atoms with Crippen LogP contribution in [0.2, 0.25) is 0 Å². The smallest absolute Gasteiger partial charge is 0.257 e. The minimum atomic E-state index is -0.179. The summed E-state index contributed by atoms with van der Waals surface area (Å²) in [4.78, 5) is 14.6. The number of nitriles is 1. The van der Waals surface area contributed by atoms with Gasteiger partial charge in [-0.05, 0) is 53.4 Å². The van der Waals surface area contributed by atoms with E-state index < -0.39 is 0 Å². The van der Waals surface area contributed by atoms with Crippen molar-refractivity contribution in [3.63, 3.8) is 0 Å². The number of benzene rings is 2. The Labute approximate surface area is 179 Å². The molecule has 0 aromatic heterocycles. The van der Waals surface area contributed by atoms with E-state index in [1.54, 1.807) is 12.1 Å². The predicted octanol–water partition coefficient (Wildman–Crippen LogP) is 3.74. The molecule has 1 aliphatic heterocycles. The van der Waals surface area contributed by atoms with Crippen LogP contribution in [0.15, 0.2) is 46.9 Å². The second-order valence-electron chi connectivity index (χ2n) is 6.86. The Bertz CT molecular complexity index is 883.